The number of anilines is 1. The normalized spacial score (nSPS) is 23.7. The van der Waals surface area contributed by atoms with Gasteiger partial charge in [-0.3, -0.25) is 0 Å². The molecular formula is C16H25N3. The molecule has 2 N–H and O–H groups in total. The molecule has 0 aliphatic carbocycles. The molecule has 2 heterocycles. The topological polar surface area (TPSA) is 32.5 Å². The Bertz CT molecular complexity index is 376. The summed E-state index contributed by atoms with van der Waals surface area (Å²) in [6, 6.07) is 12.0. The fourth-order valence-corrected chi connectivity index (χ4v) is 3.41. The Morgan fingerprint density at radius 1 is 0.842 bits per heavy atom. The van der Waals surface area contributed by atoms with Crippen molar-refractivity contribution in [3.05, 3.63) is 30.3 Å². The molecule has 2 aliphatic heterocycles. The number of hydrogen-bond acceptors (Lipinski definition) is 3. The number of nitrogens with zero attached hydrogens (tertiary/aromatic N) is 2. The fraction of sp³-hybridized carbons (Fsp3) is 0.625. The molecule has 0 spiro atoms. The SMILES string of the molecule is NC1CCN(C2CCN(c3ccccc3)CC2)CC1. The van der Waals surface area contributed by atoms with E-state index in [4.69, 9.17) is 5.73 Å². The lowest BCUT2D eigenvalue weighted by Crippen LogP contribution is -2.49. The summed E-state index contributed by atoms with van der Waals surface area (Å²) in [5.41, 5.74) is 7.37. The number of nitrogens with two attached hydrogens (primary N) is 1. The van der Waals surface area contributed by atoms with Crippen LogP contribution < -0.4 is 10.6 Å². The zero-order valence-electron chi connectivity index (χ0n) is 11.7. The second-order valence-corrected chi connectivity index (χ2v) is 5.93. The molecule has 2 saturated heterocycles. The number of likely N-dealkylation sites (tertiary alicyclic amines) is 1. The van der Waals surface area contributed by atoms with Crippen molar-refractivity contribution in [1.82, 2.24) is 4.90 Å². The fourth-order valence-electron chi connectivity index (χ4n) is 3.41. The first-order valence-corrected chi connectivity index (χ1v) is 7.62. The summed E-state index contributed by atoms with van der Waals surface area (Å²) in [5.74, 6) is 0. The molecule has 3 rings (SSSR count). The summed E-state index contributed by atoms with van der Waals surface area (Å²) >= 11 is 0. The largest absolute Gasteiger partial charge is 0.371 e. The molecule has 2 aliphatic rings. The molecule has 0 aromatic heterocycles. The van der Waals surface area contributed by atoms with Gasteiger partial charge in [0.2, 0.25) is 0 Å². The molecule has 3 nitrogen and oxygen atoms in total. The highest BCUT2D eigenvalue weighted by Crippen LogP contribution is 2.24. The van der Waals surface area contributed by atoms with Gasteiger partial charge >= 0.3 is 0 Å². The molecule has 0 unspecified atom stereocenters. The van der Waals surface area contributed by atoms with Gasteiger partial charge in [-0.15, -0.1) is 0 Å². The third-order valence-corrected chi connectivity index (χ3v) is 4.68. The van der Waals surface area contributed by atoms with E-state index in [9.17, 15) is 0 Å². The first-order valence-electron chi connectivity index (χ1n) is 7.62. The maximum atomic E-state index is 5.99. The molecule has 0 atom stereocenters. The van der Waals surface area contributed by atoms with E-state index >= 15 is 0 Å². The summed E-state index contributed by atoms with van der Waals surface area (Å²) in [5, 5.41) is 0. The highest BCUT2D eigenvalue weighted by Gasteiger charge is 2.27. The zero-order valence-corrected chi connectivity index (χ0v) is 11.7. The average molecular weight is 259 g/mol. The van der Waals surface area contributed by atoms with E-state index in [2.05, 4.69) is 40.1 Å². The Morgan fingerprint density at radius 2 is 1.47 bits per heavy atom. The van der Waals surface area contributed by atoms with Gasteiger partial charge in [-0.1, -0.05) is 18.2 Å². The van der Waals surface area contributed by atoms with Crippen LogP contribution in [0.15, 0.2) is 30.3 Å². The van der Waals surface area contributed by atoms with Crippen LogP contribution >= 0.6 is 0 Å². The van der Waals surface area contributed by atoms with E-state index in [-0.39, 0.29) is 0 Å². The van der Waals surface area contributed by atoms with Gasteiger partial charge < -0.3 is 15.5 Å². The molecule has 19 heavy (non-hydrogen) atoms. The minimum absolute atomic E-state index is 0.445. The van der Waals surface area contributed by atoms with Crippen LogP contribution in [-0.2, 0) is 0 Å². The molecular weight excluding hydrogens is 234 g/mol. The predicted octanol–water partition coefficient (Wildman–Crippen LogP) is 2.08. The number of rotatable bonds is 2. The van der Waals surface area contributed by atoms with E-state index in [1.807, 2.05) is 0 Å². The highest BCUT2D eigenvalue weighted by molar-refractivity contribution is 5.46. The van der Waals surface area contributed by atoms with Crippen LogP contribution in [0.1, 0.15) is 25.7 Å². The van der Waals surface area contributed by atoms with Gasteiger partial charge in [-0.2, -0.15) is 0 Å². The minimum atomic E-state index is 0.445. The Morgan fingerprint density at radius 3 is 2.11 bits per heavy atom. The monoisotopic (exact) mass is 259 g/mol. The van der Waals surface area contributed by atoms with Crippen molar-refractivity contribution in [3.63, 3.8) is 0 Å². The zero-order chi connectivity index (χ0) is 13.1. The second kappa shape index (κ2) is 5.93. The third-order valence-electron chi connectivity index (χ3n) is 4.68. The number of para-hydroxylation sites is 1. The van der Waals surface area contributed by atoms with Gasteiger partial charge in [0.05, 0.1) is 0 Å². The van der Waals surface area contributed by atoms with E-state index in [0.717, 1.165) is 6.04 Å². The smallest absolute Gasteiger partial charge is 0.0366 e. The van der Waals surface area contributed by atoms with Crippen molar-refractivity contribution in [1.29, 1.82) is 0 Å². The van der Waals surface area contributed by atoms with Crippen LogP contribution in [-0.4, -0.2) is 43.2 Å². The van der Waals surface area contributed by atoms with Gasteiger partial charge in [-0.25, -0.2) is 0 Å². The highest BCUT2D eigenvalue weighted by atomic mass is 15.2. The van der Waals surface area contributed by atoms with Gasteiger partial charge in [0.1, 0.15) is 0 Å². The minimum Gasteiger partial charge on any atom is -0.371 e. The number of benzene rings is 1. The first kappa shape index (κ1) is 12.9. The summed E-state index contributed by atoms with van der Waals surface area (Å²) in [4.78, 5) is 5.19. The predicted molar refractivity (Wildman–Crippen MR) is 80.5 cm³/mol. The van der Waals surface area contributed by atoms with E-state index in [0.29, 0.717) is 6.04 Å². The molecule has 3 heteroatoms. The summed E-state index contributed by atoms with van der Waals surface area (Å²) in [6.45, 7) is 4.79. The quantitative estimate of drug-likeness (QED) is 0.882. The lowest BCUT2D eigenvalue weighted by Gasteiger charge is -2.42. The lowest BCUT2D eigenvalue weighted by atomic mass is 9.98. The molecule has 1 aromatic rings. The molecule has 0 radical (unpaired) electrons. The summed E-state index contributed by atoms with van der Waals surface area (Å²) in [6.07, 6.45) is 4.95. The van der Waals surface area contributed by atoms with Gasteiger partial charge in [-0.05, 0) is 50.9 Å². The van der Waals surface area contributed by atoms with Crippen LogP contribution in [0.25, 0.3) is 0 Å². The van der Waals surface area contributed by atoms with Crippen LogP contribution in [0.3, 0.4) is 0 Å². The van der Waals surface area contributed by atoms with Crippen molar-refractivity contribution in [3.8, 4) is 0 Å². The van der Waals surface area contributed by atoms with Crippen molar-refractivity contribution >= 4 is 5.69 Å². The van der Waals surface area contributed by atoms with Crippen LogP contribution in [0.4, 0.5) is 5.69 Å². The summed E-state index contributed by atoms with van der Waals surface area (Å²) in [7, 11) is 0. The molecule has 1 aromatic carbocycles. The van der Waals surface area contributed by atoms with Gasteiger partial charge in [0.25, 0.3) is 0 Å². The second-order valence-electron chi connectivity index (χ2n) is 5.93. The Kier molecular flexibility index (Phi) is 4.04. The summed E-state index contributed by atoms with van der Waals surface area (Å²) < 4.78 is 0. The third kappa shape index (κ3) is 3.10. The van der Waals surface area contributed by atoms with E-state index < -0.39 is 0 Å². The van der Waals surface area contributed by atoms with Crippen LogP contribution in [0, 0.1) is 0 Å². The van der Waals surface area contributed by atoms with E-state index in [1.165, 1.54) is 57.5 Å². The van der Waals surface area contributed by atoms with Gasteiger partial charge in [0, 0.05) is 30.9 Å². The molecule has 0 amide bonds. The van der Waals surface area contributed by atoms with Crippen molar-refractivity contribution < 1.29 is 0 Å². The van der Waals surface area contributed by atoms with Crippen LogP contribution in [0.2, 0.25) is 0 Å². The van der Waals surface area contributed by atoms with Crippen LogP contribution in [0.5, 0.6) is 0 Å². The first-order chi connectivity index (χ1) is 9.33. The van der Waals surface area contributed by atoms with Crippen molar-refractivity contribution in [2.75, 3.05) is 31.1 Å². The molecule has 2 fully saturated rings. The van der Waals surface area contributed by atoms with E-state index in [1.54, 1.807) is 0 Å². The Labute approximate surface area is 116 Å². The standard InChI is InChI=1S/C16H25N3/c17-14-6-10-18(11-7-14)16-8-12-19(13-9-16)15-4-2-1-3-5-15/h1-5,14,16H,6-13,17H2. The molecule has 0 saturated carbocycles. The molecule has 104 valence electrons. The molecule has 0 bridgehead atoms. The van der Waals surface area contributed by atoms with Crippen molar-refractivity contribution in [2.24, 2.45) is 5.73 Å². The average Bonchev–Trinajstić information content (AvgIpc) is 2.49. The Balaban J connectivity index is 1.52. The van der Waals surface area contributed by atoms with Crippen molar-refractivity contribution in [2.45, 2.75) is 37.8 Å². The maximum absolute atomic E-state index is 5.99. The number of piperidine rings is 2. The Hall–Kier alpha value is -1.06. The lowest BCUT2D eigenvalue weighted by molar-refractivity contribution is 0.132. The maximum Gasteiger partial charge on any atom is 0.0366 e. The number of hydrogen-bond donors (Lipinski definition) is 1. The van der Waals surface area contributed by atoms with Gasteiger partial charge in [0.15, 0.2) is 0 Å².